The van der Waals surface area contributed by atoms with E-state index in [1.807, 2.05) is 0 Å². The minimum absolute atomic E-state index is 0.0521. The first-order valence-electron chi connectivity index (χ1n) is 2.83. The molecule has 0 bridgehead atoms. The van der Waals surface area contributed by atoms with E-state index in [2.05, 4.69) is 17.9 Å². The summed E-state index contributed by atoms with van der Waals surface area (Å²) >= 11 is 0. The number of hydrogen-bond donors (Lipinski definition) is 1. The Morgan fingerprint density at radius 2 is 2.09 bits per heavy atom. The lowest BCUT2D eigenvalue weighted by atomic mass is 10.6. The first-order valence-corrected chi connectivity index (χ1v) is 4.34. The molecule has 0 aromatic heterocycles. The van der Waals surface area contributed by atoms with Crippen LogP contribution in [0.15, 0.2) is 25.3 Å². The normalized spacial score (nSPS) is 13.9. The first-order chi connectivity index (χ1) is 5.02. The van der Waals surface area contributed by atoms with E-state index in [9.17, 15) is 8.42 Å². The Morgan fingerprint density at radius 1 is 1.55 bits per heavy atom. The Morgan fingerprint density at radius 3 is 2.36 bits per heavy atom. The van der Waals surface area contributed by atoms with E-state index < -0.39 is 15.6 Å². The largest absolute Gasteiger partial charge is 0.352 e. The lowest BCUT2D eigenvalue weighted by molar-refractivity contribution is 0.154. The standard InChI is InChI=1S/C6H10O4S/c1-3-5-10-6(4-2)11(7,8)9/h3-4,6H,1-2,5H2,(H,7,8,9). The average molecular weight is 178 g/mol. The van der Waals surface area contributed by atoms with Gasteiger partial charge in [-0.15, -0.1) is 6.58 Å². The van der Waals surface area contributed by atoms with Gasteiger partial charge in [0.25, 0.3) is 10.1 Å². The maximum absolute atomic E-state index is 10.4. The van der Waals surface area contributed by atoms with Gasteiger partial charge in [0.2, 0.25) is 5.44 Å². The molecule has 64 valence electrons. The van der Waals surface area contributed by atoms with Gasteiger partial charge in [0.05, 0.1) is 6.61 Å². The molecule has 11 heavy (non-hydrogen) atoms. The maximum Gasteiger partial charge on any atom is 0.296 e. The second kappa shape index (κ2) is 4.27. The van der Waals surface area contributed by atoms with Gasteiger partial charge in [0.15, 0.2) is 0 Å². The van der Waals surface area contributed by atoms with Crippen LogP contribution in [0.4, 0.5) is 0 Å². The Bertz CT molecular complexity index is 229. The van der Waals surface area contributed by atoms with Gasteiger partial charge in [-0.3, -0.25) is 4.55 Å². The lowest BCUT2D eigenvalue weighted by Crippen LogP contribution is -2.21. The van der Waals surface area contributed by atoms with Crippen LogP contribution in [0.25, 0.3) is 0 Å². The summed E-state index contributed by atoms with van der Waals surface area (Å²) in [6.45, 7) is 6.55. The Labute approximate surface area is 65.9 Å². The molecule has 4 nitrogen and oxygen atoms in total. The summed E-state index contributed by atoms with van der Waals surface area (Å²) in [5, 5.41) is 0. The Hall–Kier alpha value is -0.650. The molecule has 0 amide bonds. The molecular formula is C6H10O4S. The van der Waals surface area contributed by atoms with E-state index in [1.165, 1.54) is 6.08 Å². The van der Waals surface area contributed by atoms with Crippen molar-refractivity contribution in [2.75, 3.05) is 6.61 Å². The predicted octanol–water partition coefficient (Wildman–Crippen LogP) is 0.589. The van der Waals surface area contributed by atoms with Crippen LogP contribution in [0, 0.1) is 0 Å². The van der Waals surface area contributed by atoms with Gasteiger partial charge in [-0.2, -0.15) is 8.42 Å². The highest BCUT2D eigenvalue weighted by Crippen LogP contribution is 2.01. The van der Waals surface area contributed by atoms with Gasteiger partial charge in [-0.1, -0.05) is 12.7 Å². The van der Waals surface area contributed by atoms with Crippen molar-refractivity contribution in [1.29, 1.82) is 0 Å². The highest BCUT2D eigenvalue weighted by molar-refractivity contribution is 7.86. The van der Waals surface area contributed by atoms with Gasteiger partial charge in [0, 0.05) is 0 Å². The van der Waals surface area contributed by atoms with Crippen LogP contribution >= 0.6 is 0 Å². The van der Waals surface area contributed by atoms with Crippen LogP contribution in [0.5, 0.6) is 0 Å². The maximum atomic E-state index is 10.4. The quantitative estimate of drug-likeness (QED) is 0.494. The Balaban J connectivity index is 4.18. The zero-order valence-corrected chi connectivity index (χ0v) is 6.75. The SMILES string of the molecule is C=CCOC(C=C)S(=O)(=O)O. The van der Waals surface area contributed by atoms with E-state index in [1.54, 1.807) is 0 Å². The highest BCUT2D eigenvalue weighted by atomic mass is 32.2. The molecule has 0 aromatic rings. The molecule has 0 spiro atoms. The fourth-order valence-electron chi connectivity index (χ4n) is 0.439. The number of hydrogen-bond acceptors (Lipinski definition) is 3. The summed E-state index contributed by atoms with van der Waals surface area (Å²) in [5.41, 5.74) is -1.36. The summed E-state index contributed by atoms with van der Waals surface area (Å²) < 4.78 is 33.9. The molecule has 0 saturated carbocycles. The molecule has 0 fully saturated rings. The van der Waals surface area contributed by atoms with Gasteiger partial charge in [-0.05, 0) is 6.08 Å². The molecule has 1 atom stereocenters. The third kappa shape index (κ3) is 3.92. The van der Waals surface area contributed by atoms with Crippen LogP contribution in [-0.4, -0.2) is 25.0 Å². The minimum Gasteiger partial charge on any atom is -0.352 e. The highest BCUT2D eigenvalue weighted by Gasteiger charge is 2.18. The number of ether oxygens (including phenoxy) is 1. The molecule has 0 aliphatic heterocycles. The van der Waals surface area contributed by atoms with Crippen LogP contribution in [0.2, 0.25) is 0 Å². The third-order valence-electron chi connectivity index (χ3n) is 0.864. The molecule has 1 unspecified atom stereocenters. The van der Waals surface area contributed by atoms with Crippen molar-refractivity contribution in [2.24, 2.45) is 0 Å². The van der Waals surface area contributed by atoms with Crippen molar-refractivity contribution in [3.8, 4) is 0 Å². The second-order valence-corrected chi connectivity index (χ2v) is 3.24. The van der Waals surface area contributed by atoms with Crippen LogP contribution in [-0.2, 0) is 14.9 Å². The third-order valence-corrected chi connectivity index (χ3v) is 1.78. The fourth-order valence-corrected chi connectivity index (χ4v) is 0.932. The lowest BCUT2D eigenvalue weighted by Gasteiger charge is -2.07. The monoisotopic (exact) mass is 178 g/mol. The first kappa shape index (κ1) is 10.3. The molecule has 0 aliphatic carbocycles. The number of rotatable bonds is 5. The van der Waals surface area contributed by atoms with Crippen LogP contribution in [0.3, 0.4) is 0 Å². The summed E-state index contributed by atoms with van der Waals surface area (Å²) in [6.07, 6.45) is 2.38. The topological polar surface area (TPSA) is 63.6 Å². The van der Waals surface area contributed by atoms with Crippen molar-refractivity contribution in [3.05, 3.63) is 25.3 Å². The summed E-state index contributed by atoms with van der Waals surface area (Å²) in [4.78, 5) is 0. The zero-order chi connectivity index (χ0) is 8.91. The van der Waals surface area contributed by atoms with Gasteiger partial charge >= 0.3 is 0 Å². The summed E-state index contributed by atoms with van der Waals surface area (Å²) in [5.74, 6) is 0. The molecular weight excluding hydrogens is 168 g/mol. The average Bonchev–Trinajstić information content (AvgIpc) is 1.87. The summed E-state index contributed by atoms with van der Waals surface area (Å²) in [6, 6.07) is 0. The van der Waals surface area contributed by atoms with Crippen molar-refractivity contribution in [3.63, 3.8) is 0 Å². The fraction of sp³-hybridized carbons (Fsp3) is 0.333. The minimum atomic E-state index is -4.18. The predicted molar refractivity (Wildman–Crippen MR) is 41.7 cm³/mol. The van der Waals surface area contributed by atoms with Crippen molar-refractivity contribution in [2.45, 2.75) is 5.44 Å². The molecule has 0 saturated heterocycles. The molecule has 5 heteroatoms. The molecule has 0 rings (SSSR count). The molecule has 0 heterocycles. The van der Waals surface area contributed by atoms with Crippen molar-refractivity contribution in [1.82, 2.24) is 0 Å². The van der Waals surface area contributed by atoms with Gasteiger partial charge in [-0.25, -0.2) is 0 Å². The van der Waals surface area contributed by atoms with E-state index in [0.29, 0.717) is 0 Å². The van der Waals surface area contributed by atoms with Crippen molar-refractivity contribution < 1.29 is 17.7 Å². The molecule has 0 aromatic carbocycles. The molecule has 1 N–H and O–H groups in total. The second-order valence-electron chi connectivity index (χ2n) is 1.74. The van der Waals surface area contributed by atoms with Crippen LogP contribution in [0.1, 0.15) is 0 Å². The van der Waals surface area contributed by atoms with Gasteiger partial charge in [0.1, 0.15) is 0 Å². The molecule has 0 aliphatic rings. The zero-order valence-electron chi connectivity index (χ0n) is 5.93. The van der Waals surface area contributed by atoms with Crippen molar-refractivity contribution >= 4 is 10.1 Å². The Kier molecular flexibility index (Phi) is 4.02. The summed E-state index contributed by atoms with van der Waals surface area (Å²) in [7, 11) is -4.18. The van der Waals surface area contributed by atoms with E-state index >= 15 is 0 Å². The van der Waals surface area contributed by atoms with E-state index in [0.717, 1.165) is 6.08 Å². The van der Waals surface area contributed by atoms with E-state index in [4.69, 9.17) is 4.55 Å². The van der Waals surface area contributed by atoms with Gasteiger partial charge < -0.3 is 4.74 Å². The smallest absolute Gasteiger partial charge is 0.296 e. The van der Waals surface area contributed by atoms with Crippen LogP contribution < -0.4 is 0 Å². The molecule has 0 radical (unpaired) electrons. The van der Waals surface area contributed by atoms with E-state index in [-0.39, 0.29) is 6.61 Å².